The van der Waals surface area contributed by atoms with Crippen LogP contribution in [0.25, 0.3) is 11.4 Å². The maximum absolute atomic E-state index is 11.5. The van der Waals surface area contributed by atoms with E-state index in [0.717, 1.165) is 5.56 Å². The smallest absolute Gasteiger partial charge is 0.244 e. The lowest BCUT2D eigenvalue weighted by atomic mass is 10.2. The second kappa shape index (κ2) is 5.98. The van der Waals surface area contributed by atoms with Crippen molar-refractivity contribution >= 4 is 21.4 Å². The molecule has 1 aromatic heterocycles. The predicted molar refractivity (Wildman–Crippen MR) is 83.4 cm³/mol. The standard InChI is InChI=1S/C14H16ClN3O3S/c1-10(18-6-8-22(19,20)9-7-18)14-16-13(17-21-14)11-2-4-12(15)5-3-11/h2-5,10H,6-9H2,1H3. The summed E-state index contributed by atoms with van der Waals surface area (Å²) in [6.07, 6.45) is 0. The maximum Gasteiger partial charge on any atom is 0.244 e. The molecule has 2 aromatic rings. The summed E-state index contributed by atoms with van der Waals surface area (Å²) in [4.78, 5) is 6.45. The van der Waals surface area contributed by atoms with Crippen LogP contribution >= 0.6 is 11.6 Å². The van der Waals surface area contributed by atoms with Crippen molar-refractivity contribution < 1.29 is 12.9 Å². The highest BCUT2D eigenvalue weighted by atomic mass is 35.5. The quantitative estimate of drug-likeness (QED) is 0.851. The minimum Gasteiger partial charge on any atom is -0.337 e. The number of hydrogen-bond acceptors (Lipinski definition) is 6. The Kier molecular flexibility index (Phi) is 4.20. The van der Waals surface area contributed by atoms with Crippen molar-refractivity contribution in [3.63, 3.8) is 0 Å². The molecule has 2 heterocycles. The first-order valence-corrected chi connectivity index (χ1v) is 9.18. The van der Waals surface area contributed by atoms with Gasteiger partial charge in [-0.3, -0.25) is 4.90 Å². The summed E-state index contributed by atoms with van der Waals surface area (Å²) in [6, 6.07) is 7.09. The zero-order valence-corrected chi connectivity index (χ0v) is 13.6. The van der Waals surface area contributed by atoms with Crippen LogP contribution in [0.15, 0.2) is 28.8 Å². The largest absolute Gasteiger partial charge is 0.337 e. The first-order valence-electron chi connectivity index (χ1n) is 6.99. The summed E-state index contributed by atoms with van der Waals surface area (Å²) in [6.45, 7) is 2.92. The summed E-state index contributed by atoms with van der Waals surface area (Å²) in [5.74, 6) is 1.35. The Hall–Kier alpha value is -1.44. The first-order chi connectivity index (χ1) is 10.4. The van der Waals surface area contributed by atoms with Crippen LogP contribution in [-0.4, -0.2) is 48.1 Å². The van der Waals surface area contributed by atoms with E-state index in [0.29, 0.717) is 29.8 Å². The Balaban J connectivity index is 1.74. The second-order valence-corrected chi connectivity index (χ2v) is 8.07. The van der Waals surface area contributed by atoms with E-state index < -0.39 is 9.84 Å². The van der Waals surface area contributed by atoms with Gasteiger partial charge in [0.05, 0.1) is 17.5 Å². The average Bonchev–Trinajstić information content (AvgIpc) is 2.97. The van der Waals surface area contributed by atoms with Gasteiger partial charge in [0.2, 0.25) is 11.7 Å². The molecule has 1 saturated heterocycles. The number of aromatic nitrogens is 2. The van der Waals surface area contributed by atoms with E-state index in [1.807, 2.05) is 24.0 Å². The monoisotopic (exact) mass is 341 g/mol. The van der Waals surface area contributed by atoms with Gasteiger partial charge in [-0.05, 0) is 31.2 Å². The summed E-state index contributed by atoms with van der Waals surface area (Å²) in [7, 11) is -2.89. The second-order valence-electron chi connectivity index (χ2n) is 5.33. The molecule has 1 aliphatic rings. The molecule has 0 N–H and O–H groups in total. The van der Waals surface area contributed by atoms with Crippen molar-refractivity contribution in [3.05, 3.63) is 35.2 Å². The van der Waals surface area contributed by atoms with Crippen LogP contribution < -0.4 is 0 Å². The van der Waals surface area contributed by atoms with Gasteiger partial charge in [-0.15, -0.1) is 0 Å². The molecule has 118 valence electrons. The molecule has 0 amide bonds. The van der Waals surface area contributed by atoms with Crippen LogP contribution in [0.4, 0.5) is 0 Å². The van der Waals surface area contributed by atoms with Crippen LogP contribution in [0, 0.1) is 0 Å². The molecule has 0 bridgehead atoms. The average molecular weight is 342 g/mol. The molecule has 0 saturated carbocycles. The zero-order chi connectivity index (χ0) is 15.7. The van der Waals surface area contributed by atoms with Crippen molar-refractivity contribution in [2.75, 3.05) is 24.6 Å². The molecule has 1 aliphatic heterocycles. The molecule has 6 nitrogen and oxygen atoms in total. The molecular formula is C14H16ClN3O3S. The molecule has 1 aromatic carbocycles. The van der Waals surface area contributed by atoms with E-state index in [-0.39, 0.29) is 17.5 Å². The van der Waals surface area contributed by atoms with Gasteiger partial charge >= 0.3 is 0 Å². The summed E-state index contributed by atoms with van der Waals surface area (Å²) in [5.41, 5.74) is 0.827. The highest BCUT2D eigenvalue weighted by molar-refractivity contribution is 7.91. The number of hydrogen-bond donors (Lipinski definition) is 0. The van der Waals surface area contributed by atoms with Crippen molar-refractivity contribution in [2.24, 2.45) is 0 Å². The van der Waals surface area contributed by atoms with Crippen LogP contribution in [0.5, 0.6) is 0 Å². The normalized spacial score (nSPS) is 19.9. The lowest BCUT2D eigenvalue weighted by molar-refractivity contribution is 0.186. The fourth-order valence-electron chi connectivity index (χ4n) is 2.39. The van der Waals surface area contributed by atoms with Crippen LogP contribution in [0.1, 0.15) is 18.9 Å². The van der Waals surface area contributed by atoms with E-state index >= 15 is 0 Å². The molecular weight excluding hydrogens is 326 g/mol. The van der Waals surface area contributed by atoms with Gasteiger partial charge < -0.3 is 4.52 Å². The third-order valence-electron chi connectivity index (χ3n) is 3.83. The van der Waals surface area contributed by atoms with Gasteiger partial charge in [0.25, 0.3) is 0 Å². The number of rotatable bonds is 3. The summed E-state index contributed by atoms with van der Waals surface area (Å²) >= 11 is 5.86. The van der Waals surface area contributed by atoms with E-state index in [2.05, 4.69) is 10.1 Å². The molecule has 0 radical (unpaired) electrons. The number of nitrogens with zero attached hydrogens (tertiary/aromatic N) is 3. The van der Waals surface area contributed by atoms with Crippen molar-refractivity contribution in [2.45, 2.75) is 13.0 Å². The summed E-state index contributed by atoms with van der Waals surface area (Å²) in [5, 5.41) is 4.63. The van der Waals surface area contributed by atoms with Gasteiger partial charge in [0.15, 0.2) is 9.84 Å². The molecule has 8 heteroatoms. The third kappa shape index (κ3) is 3.31. The molecule has 0 aliphatic carbocycles. The molecule has 1 atom stereocenters. The lowest BCUT2D eigenvalue weighted by Crippen LogP contribution is -2.41. The highest BCUT2D eigenvalue weighted by Gasteiger charge is 2.28. The van der Waals surface area contributed by atoms with E-state index in [1.54, 1.807) is 12.1 Å². The van der Waals surface area contributed by atoms with Gasteiger partial charge in [-0.1, -0.05) is 16.8 Å². The van der Waals surface area contributed by atoms with Gasteiger partial charge in [-0.25, -0.2) is 8.42 Å². The highest BCUT2D eigenvalue weighted by Crippen LogP contribution is 2.24. The van der Waals surface area contributed by atoms with Gasteiger partial charge in [0.1, 0.15) is 0 Å². The predicted octanol–water partition coefficient (Wildman–Crippen LogP) is 2.18. The van der Waals surface area contributed by atoms with E-state index in [1.165, 1.54) is 0 Å². The SMILES string of the molecule is CC(c1nc(-c2ccc(Cl)cc2)no1)N1CCS(=O)(=O)CC1. The van der Waals surface area contributed by atoms with Crippen LogP contribution in [-0.2, 0) is 9.84 Å². The van der Waals surface area contributed by atoms with Crippen LogP contribution in [0.3, 0.4) is 0 Å². The Morgan fingerprint density at radius 3 is 2.50 bits per heavy atom. The topological polar surface area (TPSA) is 76.3 Å². The maximum atomic E-state index is 11.5. The Morgan fingerprint density at radius 1 is 1.23 bits per heavy atom. The number of halogens is 1. The molecule has 0 spiro atoms. The minimum atomic E-state index is -2.89. The number of sulfone groups is 1. The molecule has 1 unspecified atom stereocenters. The molecule has 1 fully saturated rings. The van der Waals surface area contributed by atoms with E-state index in [9.17, 15) is 8.42 Å². The minimum absolute atomic E-state index is 0.107. The fraction of sp³-hybridized carbons (Fsp3) is 0.429. The lowest BCUT2D eigenvalue weighted by Gasteiger charge is -2.29. The van der Waals surface area contributed by atoms with Gasteiger partial charge in [-0.2, -0.15) is 4.98 Å². The summed E-state index contributed by atoms with van der Waals surface area (Å²) < 4.78 is 28.3. The first kappa shape index (κ1) is 15.5. The van der Waals surface area contributed by atoms with Crippen molar-refractivity contribution in [1.82, 2.24) is 15.0 Å². The molecule has 3 rings (SSSR count). The zero-order valence-electron chi connectivity index (χ0n) is 12.1. The van der Waals surface area contributed by atoms with Gasteiger partial charge in [0, 0.05) is 23.7 Å². The Morgan fingerprint density at radius 2 is 1.86 bits per heavy atom. The van der Waals surface area contributed by atoms with Crippen molar-refractivity contribution in [3.8, 4) is 11.4 Å². The van der Waals surface area contributed by atoms with Crippen LogP contribution in [0.2, 0.25) is 5.02 Å². The Bertz CT molecular complexity index is 744. The Labute approximate surface area is 134 Å². The molecule has 22 heavy (non-hydrogen) atoms. The fourth-order valence-corrected chi connectivity index (χ4v) is 3.75. The van der Waals surface area contributed by atoms with Crippen molar-refractivity contribution in [1.29, 1.82) is 0 Å². The third-order valence-corrected chi connectivity index (χ3v) is 5.69. The number of benzene rings is 1. The van der Waals surface area contributed by atoms with E-state index in [4.69, 9.17) is 16.1 Å².